The van der Waals surface area contributed by atoms with E-state index >= 15 is 0 Å². The van der Waals surface area contributed by atoms with Crippen molar-refractivity contribution >= 4 is 28.2 Å². The number of rotatable bonds is 3. The van der Waals surface area contributed by atoms with Crippen molar-refractivity contribution in [2.45, 2.75) is 39.0 Å². The molecule has 0 bridgehead atoms. The molecule has 1 aliphatic carbocycles. The van der Waals surface area contributed by atoms with E-state index in [-0.39, 0.29) is 11.8 Å². The van der Waals surface area contributed by atoms with Gasteiger partial charge in [0, 0.05) is 13.1 Å². The van der Waals surface area contributed by atoms with Crippen LogP contribution < -0.4 is 10.2 Å². The van der Waals surface area contributed by atoms with Crippen molar-refractivity contribution in [3.63, 3.8) is 0 Å². The molecule has 126 valence electrons. The first-order valence-electron chi connectivity index (χ1n) is 8.40. The molecule has 1 atom stereocenters. The zero-order chi connectivity index (χ0) is 16.5. The number of nitrogens with zero attached hydrogens (tertiary/aromatic N) is 5. The molecule has 7 nitrogen and oxygen atoms in total. The van der Waals surface area contributed by atoms with E-state index in [2.05, 4.69) is 36.7 Å². The zero-order valence-electron chi connectivity index (χ0n) is 13.7. The molecule has 2 aromatic heterocycles. The van der Waals surface area contributed by atoms with E-state index in [9.17, 15) is 4.79 Å². The Morgan fingerprint density at radius 2 is 2.17 bits per heavy atom. The Kier molecular flexibility index (Phi) is 4.13. The van der Waals surface area contributed by atoms with Crippen LogP contribution in [0, 0.1) is 12.8 Å². The summed E-state index contributed by atoms with van der Waals surface area (Å²) in [6.45, 7) is 3.48. The standard InChI is InChI=1S/C16H20N6OS/c1-10-18-21-16(24-10)17-15(23)12-5-3-7-22(9-12)14-8-11-4-2-6-13(11)19-20-14/h8,12H,2-7,9H2,1H3,(H,17,21,23)/t12-/m0/s1. The van der Waals surface area contributed by atoms with Gasteiger partial charge in [-0.3, -0.25) is 4.79 Å². The topological polar surface area (TPSA) is 83.9 Å². The first-order valence-corrected chi connectivity index (χ1v) is 9.22. The van der Waals surface area contributed by atoms with Crippen molar-refractivity contribution in [1.29, 1.82) is 0 Å². The summed E-state index contributed by atoms with van der Waals surface area (Å²) in [5, 5.41) is 21.0. The first kappa shape index (κ1) is 15.4. The Labute approximate surface area is 144 Å². The smallest absolute Gasteiger partial charge is 0.231 e. The maximum absolute atomic E-state index is 12.5. The second-order valence-electron chi connectivity index (χ2n) is 6.43. The highest BCUT2D eigenvalue weighted by Gasteiger charge is 2.28. The predicted octanol–water partition coefficient (Wildman–Crippen LogP) is 1.98. The monoisotopic (exact) mass is 344 g/mol. The average molecular weight is 344 g/mol. The maximum Gasteiger partial charge on any atom is 0.231 e. The molecule has 8 heteroatoms. The summed E-state index contributed by atoms with van der Waals surface area (Å²) in [5.74, 6) is 0.864. The van der Waals surface area contributed by atoms with E-state index < -0.39 is 0 Å². The van der Waals surface area contributed by atoms with Crippen LogP contribution >= 0.6 is 11.3 Å². The van der Waals surface area contributed by atoms with Gasteiger partial charge in [-0.25, -0.2) is 0 Å². The molecular formula is C16H20N6OS. The molecule has 0 unspecified atom stereocenters. The molecule has 0 spiro atoms. The number of fused-ring (bicyclic) bond motifs is 1. The van der Waals surface area contributed by atoms with Crippen LogP contribution in [0.3, 0.4) is 0 Å². The number of nitrogens with one attached hydrogen (secondary N) is 1. The van der Waals surface area contributed by atoms with Gasteiger partial charge in [0.2, 0.25) is 11.0 Å². The molecule has 1 amide bonds. The minimum Gasteiger partial charge on any atom is -0.354 e. The van der Waals surface area contributed by atoms with Gasteiger partial charge < -0.3 is 10.2 Å². The second-order valence-corrected chi connectivity index (χ2v) is 7.61. The zero-order valence-corrected chi connectivity index (χ0v) is 14.5. The van der Waals surface area contributed by atoms with Gasteiger partial charge in [0.05, 0.1) is 11.6 Å². The number of carbonyl (C=O) groups excluding carboxylic acids is 1. The summed E-state index contributed by atoms with van der Waals surface area (Å²) in [6.07, 6.45) is 5.16. The Balaban J connectivity index is 1.44. The fourth-order valence-electron chi connectivity index (χ4n) is 3.43. The molecule has 24 heavy (non-hydrogen) atoms. The summed E-state index contributed by atoms with van der Waals surface area (Å²) in [4.78, 5) is 14.7. The molecule has 1 saturated heterocycles. The van der Waals surface area contributed by atoms with E-state index in [1.807, 2.05) is 6.92 Å². The van der Waals surface area contributed by atoms with Gasteiger partial charge in [-0.15, -0.1) is 15.3 Å². The van der Waals surface area contributed by atoms with Gasteiger partial charge in [-0.05, 0) is 50.7 Å². The summed E-state index contributed by atoms with van der Waals surface area (Å²) >= 11 is 1.40. The number of aromatic nitrogens is 4. The third-order valence-corrected chi connectivity index (χ3v) is 5.43. The van der Waals surface area contributed by atoms with Crippen molar-refractivity contribution in [2.75, 3.05) is 23.3 Å². The lowest BCUT2D eigenvalue weighted by atomic mass is 9.97. The lowest BCUT2D eigenvalue weighted by Crippen LogP contribution is -2.41. The largest absolute Gasteiger partial charge is 0.354 e. The van der Waals surface area contributed by atoms with Crippen LogP contribution in [0.5, 0.6) is 0 Å². The number of hydrogen-bond donors (Lipinski definition) is 1. The van der Waals surface area contributed by atoms with Crippen LogP contribution in [0.15, 0.2) is 6.07 Å². The third kappa shape index (κ3) is 3.10. The Hall–Kier alpha value is -2.09. The van der Waals surface area contributed by atoms with Crippen molar-refractivity contribution in [3.05, 3.63) is 22.3 Å². The van der Waals surface area contributed by atoms with Gasteiger partial charge in [-0.1, -0.05) is 11.3 Å². The van der Waals surface area contributed by atoms with Gasteiger partial charge in [0.15, 0.2) is 5.82 Å². The van der Waals surface area contributed by atoms with Crippen LogP contribution in [0.2, 0.25) is 0 Å². The number of hydrogen-bond acceptors (Lipinski definition) is 7. The molecular weight excluding hydrogens is 324 g/mol. The number of anilines is 2. The number of piperidine rings is 1. The fourth-order valence-corrected chi connectivity index (χ4v) is 4.02. The fraction of sp³-hybridized carbons (Fsp3) is 0.562. The van der Waals surface area contributed by atoms with Crippen LogP contribution in [0.1, 0.15) is 35.5 Å². The molecule has 1 fully saturated rings. The van der Waals surface area contributed by atoms with Gasteiger partial charge >= 0.3 is 0 Å². The van der Waals surface area contributed by atoms with Crippen molar-refractivity contribution in [1.82, 2.24) is 20.4 Å². The molecule has 2 aliphatic rings. The Morgan fingerprint density at radius 1 is 1.25 bits per heavy atom. The van der Waals surface area contributed by atoms with Crippen LogP contribution in [-0.4, -0.2) is 39.4 Å². The average Bonchev–Trinajstić information content (AvgIpc) is 3.23. The normalized spacial score (nSPS) is 20.0. The summed E-state index contributed by atoms with van der Waals surface area (Å²) in [6, 6.07) is 2.16. The Morgan fingerprint density at radius 3 is 3.00 bits per heavy atom. The molecule has 4 rings (SSSR count). The summed E-state index contributed by atoms with van der Waals surface area (Å²) in [5.41, 5.74) is 2.45. The minimum atomic E-state index is -0.0574. The van der Waals surface area contributed by atoms with E-state index in [1.165, 1.54) is 23.3 Å². The molecule has 1 aliphatic heterocycles. The molecule has 0 radical (unpaired) electrons. The minimum absolute atomic E-state index is 0.0185. The number of aryl methyl sites for hydroxylation is 3. The quantitative estimate of drug-likeness (QED) is 0.916. The van der Waals surface area contributed by atoms with Crippen LogP contribution in [0.4, 0.5) is 10.9 Å². The lowest BCUT2D eigenvalue weighted by molar-refractivity contribution is -0.120. The molecule has 1 N–H and O–H groups in total. The van der Waals surface area contributed by atoms with Gasteiger partial charge in [-0.2, -0.15) is 5.10 Å². The van der Waals surface area contributed by atoms with E-state index in [4.69, 9.17) is 0 Å². The molecule has 0 aromatic carbocycles. The van der Waals surface area contributed by atoms with Crippen molar-refractivity contribution < 1.29 is 4.79 Å². The summed E-state index contributed by atoms with van der Waals surface area (Å²) < 4.78 is 0. The molecule has 2 aromatic rings. The summed E-state index contributed by atoms with van der Waals surface area (Å²) in [7, 11) is 0. The SMILES string of the molecule is Cc1nnc(NC(=O)[C@H]2CCCN(c3cc4c(nn3)CCC4)C2)s1. The highest BCUT2D eigenvalue weighted by atomic mass is 32.1. The maximum atomic E-state index is 12.5. The Bertz CT molecular complexity index is 761. The van der Waals surface area contributed by atoms with E-state index in [0.29, 0.717) is 11.7 Å². The van der Waals surface area contributed by atoms with Crippen LogP contribution in [-0.2, 0) is 17.6 Å². The second kappa shape index (κ2) is 6.43. The van der Waals surface area contributed by atoms with Crippen LogP contribution in [0.25, 0.3) is 0 Å². The highest BCUT2D eigenvalue weighted by molar-refractivity contribution is 7.15. The van der Waals surface area contributed by atoms with E-state index in [0.717, 1.165) is 48.7 Å². The van der Waals surface area contributed by atoms with Crippen molar-refractivity contribution in [2.24, 2.45) is 5.92 Å². The van der Waals surface area contributed by atoms with Gasteiger partial charge in [0.1, 0.15) is 5.01 Å². The predicted molar refractivity (Wildman–Crippen MR) is 92.3 cm³/mol. The van der Waals surface area contributed by atoms with E-state index in [1.54, 1.807) is 0 Å². The number of amides is 1. The number of carbonyl (C=O) groups is 1. The first-order chi connectivity index (χ1) is 11.7. The van der Waals surface area contributed by atoms with Crippen molar-refractivity contribution in [3.8, 4) is 0 Å². The molecule has 0 saturated carbocycles. The lowest BCUT2D eigenvalue weighted by Gasteiger charge is -2.32. The molecule has 3 heterocycles. The highest BCUT2D eigenvalue weighted by Crippen LogP contribution is 2.27. The third-order valence-electron chi connectivity index (χ3n) is 4.68. The van der Waals surface area contributed by atoms with Gasteiger partial charge in [0.25, 0.3) is 0 Å².